The first kappa shape index (κ1) is 16.3. The third-order valence-corrected chi connectivity index (χ3v) is 5.73. The Kier molecular flexibility index (Phi) is 5.94. The molecule has 0 bridgehead atoms. The van der Waals surface area contributed by atoms with Crippen molar-refractivity contribution in [3.63, 3.8) is 0 Å². The first-order valence-electron chi connectivity index (χ1n) is 7.13. The number of benzene rings is 1. The Morgan fingerprint density at radius 3 is 2.80 bits per heavy atom. The van der Waals surface area contributed by atoms with Crippen molar-refractivity contribution in [3.05, 3.63) is 27.2 Å². The average Bonchev–Trinajstić information content (AvgIpc) is 2.93. The molecule has 0 aliphatic carbocycles. The van der Waals surface area contributed by atoms with Gasteiger partial charge in [-0.05, 0) is 56.7 Å². The highest BCUT2D eigenvalue weighted by Crippen LogP contribution is 2.42. The lowest BCUT2D eigenvalue weighted by molar-refractivity contribution is 0.102. The molecule has 1 aromatic carbocycles. The summed E-state index contributed by atoms with van der Waals surface area (Å²) in [5.74, 6) is 1.000. The highest BCUT2D eigenvalue weighted by molar-refractivity contribution is 9.10. The third kappa shape index (κ3) is 3.58. The molecule has 0 radical (unpaired) electrons. The minimum atomic E-state index is 0.304. The Morgan fingerprint density at radius 2 is 2.20 bits per heavy atom. The number of hydrogen-bond acceptors (Lipinski definition) is 2. The predicted octanol–water partition coefficient (Wildman–Crippen LogP) is 5.47. The lowest BCUT2D eigenvalue weighted by Crippen LogP contribution is -2.08. The monoisotopic (exact) mass is 404 g/mol. The Labute approximate surface area is 138 Å². The summed E-state index contributed by atoms with van der Waals surface area (Å²) in [5, 5.41) is 0. The summed E-state index contributed by atoms with van der Waals surface area (Å²) < 4.78 is 12.5. The highest BCUT2D eigenvalue weighted by atomic mass is 79.9. The molecule has 1 aliphatic rings. The third-order valence-electron chi connectivity index (χ3n) is 3.99. The number of alkyl halides is 1. The largest absolute Gasteiger partial charge is 0.496 e. The molecule has 0 aromatic heterocycles. The Bertz CT molecular complexity index is 468. The van der Waals surface area contributed by atoms with Crippen molar-refractivity contribution in [1.82, 2.24) is 0 Å². The van der Waals surface area contributed by atoms with Crippen LogP contribution in [0, 0.1) is 13.8 Å². The molecule has 0 saturated carbocycles. The molecule has 1 aliphatic heterocycles. The van der Waals surface area contributed by atoms with Crippen LogP contribution in [0.4, 0.5) is 0 Å². The van der Waals surface area contributed by atoms with Crippen molar-refractivity contribution >= 4 is 31.9 Å². The summed E-state index contributed by atoms with van der Waals surface area (Å²) >= 11 is 7.49. The van der Waals surface area contributed by atoms with E-state index in [1.807, 2.05) is 0 Å². The first-order chi connectivity index (χ1) is 9.54. The van der Waals surface area contributed by atoms with E-state index in [4.69, 9.17) is 9.47 Å². The van der Waals surface area contributed by atoms with Crippen LogP contribution in [0.1, 0.15) is 47.2 Å². The number of halogens is 2. The molecular weight excluding hydrogens is 384 g/mol. The van der Waals surface area contributed by atoms with Crippen LogP contribution in [-0.4, -0.2) is 19.8 Å². The molecule has 2 nitrogen and oxygen atoms in total. The van der Waals surface area contributed by atoms with E-state index in [0.29, 0.717) is 10.9 Å². The van der Waals surface area contributed by atoms with Crippen molar-refractivity contribution < 1.29 is 9.47 Å². The maximum atomic E-state index is 5.71. The smallest absolute Gasteiger partial charge is 0.126 e. The second kappa shape index (κ2) is 7.28. The number of rotatable bonds is 5. The van der Waals surface area contributed by atoms with Gasteiger partial charge in [0.05, 0.1) is 13.2 Å². The summed E-state index contributed by atoms with van der Waals surface area (Å²) in [6, 6.07) is 2.12. The van der Waals surface area contributed by atoms with Crippen LogP contribution in [-0.2, 0) is 4.74 Å². The van der Waals surface area contributed by atoms with Crippen molar-refractivity contribution in [2.75, 3.05) is 13.7 Å². The summed E-state index contributed by atoms with van der Waals surface area (Å²) in [5.41, 5.74) is 3.68. The Morgan fingerprint density at radius 1 is 1.45 bits per heavy atom. The summed E-state index contributed by atoms with van der Waals surface area (Å²) in [7, 11) is 1.75. The molecule has 112 valence electrons. The van der Waals surface area contributed by atoms with Gasteiger partial charge >= 0.3 is 0 Å². The zero-order chi connectivity index (χ0) is 14.7. The zero-order valence-electron chi connectivity index (χ0n) is 12.3. The van der Waals surface area contributed by atoms with Crippen LogP contribution in [0.2, 0.25) is 0 Å². The van der Waals surface area contributed by atoms with Crippen molar-refractivity contribution in [2.24, 2.45) is 0 Å². The van der Waals surface area contributed by atoms with Gasteiger partial charge in [-0.15, -0.1) is 0 Å². The van der Waals surface area contributed by atoms with Gasteiger partial charge in [0.15, 0.2) is 0 Å². The van der Waals surface area contributed by atoms with E-state index in [1.54, 1.807) is 7.11 Å². The van der Waals surface area contributed by atoms with Gasteiger partial charge in [0.2, 0.25) is 0 Å². The molecule has 1 saturated heterocycles. The lowest BCUT2D eigenvalue weighted by atomic mass is 9.97. The minimum absolute atomic E-state index is 0.304. The molecule has 0 amide bonds. The molecule has 2 rings (SSSR count). The number of aryl methyl sites for hydroxylation is 1. The van der Waals surface area contributed by atoms with Crippen molar-refractivity contribution in [2.45, 2.75) is 50.5 Å². The second-order valence-electron chi connectivity index (χ2n) is 5.43. The lowest BCUT2D eigenvalue weighted by Gasteiger charge is -2.21. The molecule has 1 fully saturated rings. The molecule has 4 heteroatoms. The van der Waals surface area contributed by atoms with E-state index in [2.05, 4.69) is 51.8 Å². The quantitative estimate of drug-likeness (QED) is 0.604. The summed E-state index contributed by atoms with van der Waals surface area (Å²) in [6.45, 7) is 5.16. The fourth-order valence-corrected chi connectivity index (χ4v) is 4.24. The van der Waals surface area contributed by atoms with Gasteiger partial charge in [-0.3, -0.25) is 0 Å². The summed E-state index contributed by atoms with van der Waals surface area (Å²) in [4.78, 5) is 0.304. The van der Waals surface area contributed by atoms with E-state index in [9.17, 15) is 0 Å². The summed E-state index contributed by atoms with van der Waals surface area (Å²) in [6.07, 6.45) is 5.01. The molecule has 2 atom stereocenters. The normalized spacial score (nSPS) is 20.1. The molecular formula is C16H22Br2O2. The van der Waals surface area contributed by atoms with E-state index < -0.39 is 0 Å². The molecule has 0 N–H and O–H groups in total. The van der Waals surface area contributed by atoms with Gasteiger partial charge in [-0.2, -0.15) is 0 Å². The van der Waals surface area contributed by atoms with Crippen molar-refractivity contribution in [3.8, 4) is 5.75 Å². The van der Waals surface area contributed by atoms with Crippen molar-refractivity contribution in [1.29, 1.82) is 0 Å². The van der Waals surface area contributed by atoms with E-state index >= 15 is 0 Å². The fourth-order valence-electron chi connectivity index (χ4n) is 2.87. The SMILES string of the molecule is COc1c(C)cc(Br)c(C)c1C(Br)CCC1CCCO1. The molecule has 2 unspecified atom stereocenters. The molecule has 1 aromatic rings. The van der Waals surface area contributed by atoms with Crippen LogP contribution in [0.15, 0.2) is 10.5 Å². The fraction of sp³-hybridized carbons (Fsp3) is 0.625. The number of hydrogen-bond donors (Lipinski definition) is 0. The highest BCUT2D eigenvalue weighted by Gasteiger charge is 2.22. The maximum absolute atomic E-state index is 5.71. The standard InChI is InChI=1S/C16H22Br2O2/c1-10-9-14(18)11(2)15(16(10)19-3)13(17)7-6-12-5-4-8-20-12/h9,12-13H,4-8H2,1-3H3. The number of methoxy groups -OCH3 is 1. The molecule has 20 heavy (non-hydrogen) atoms. The van der Waals surface area contributed by atoms with Crippen LogP contribution in [0.3, 0.4) is 0 Å². The first-order valence-corrected chi connectivity index (χ1v) is 8.84. The van der Waals surface area contributed by atoms with Crippen LogP contribution in [0.25, 0.3) is 0 Å². The Balaban J connectivity index is 2.17. The second-order valence-corrected chi connectivity index (χ2v) is 7.39. The van der Waals surface area contributed by atoms with Crippen LogP contribution in [0.5, 0.6) is 5.75 Å². The Hall–Kier alpha value is -0.0600. The van der Waals surface area contributed by atoms with Gasteiger partial charge in [0, 0.05) is 21.5 Å². The van der Waals surface area contributed by atoms with Gasteiger partial charge in [0.1, 0.15) is 5.75 Å². The van der Waals surface area contributed by atoms with E-state index in [-0.39, 0.29) is 0 Å². The molecule has 1 heterocycles. The molecule has 0 spiro atoms. The topological polar surface area (TPSA) is 18.5 Å². The van der Waals surface area contributed by atoms with E-state index in [0.717, 1.165) is 29.7 Å². The van der Waals surface area contributed by atoms with Gasteiger partial charge in [-0.25, -0.2) is 0 Å². The zero-order valence-corrected chi connectivity index (χ0v) is 15.5. The minimum Gasteiger partial charge on any atom is -0.496 e. The van der Waals surface area contributed by atoms with Gasteiger partial charge in [0.25, 0.3) is 0 Å². The van der Waals surface area contributed by atoms with Crippen LogP contribution >= 0.6 is 31.9 Å². The maximum Gasteiger partial charge on any atom is 0.126 e. The van der Waals surface area contributed by atoms with Crippen LogP contribution < -0.4 is 4.74 Å². The number of ether oxygens (including phenoxy) is 2. The van der Waals surface area contributed by atoms with Gasteiger partial charge in [-0.1, -0.05) is 31.9 Å². The predicted molar refractivity (Wildman–Crippen MR) is 90.0 cm³/mol. The van der Waals surface area contributed by atoms with E-state index in [1.165, 1.54) is 29.5 Å². The average molecular weight is 406 g/mol. The van der Waals surface area contributed by atoms with Gasteiger partial charge < -0.3 is 9.47 Å².